The Morgan fingerprint density at radius 1 is 1.39 bits per heavy atom. The molecular weight excluding hydrogens is 336 g/mol. The molecule has 116 valence electrons. The highest BCUT2D eigenvalue weighted by atomic mass is 35.5. The van der Waals surface area contributed by atoms with Crippen LogP contribution in [0, 0.1) is 0 Å². The summed E-state index contributed by atoms with van der Waals surface area (Å²) in [4.78, 5) is 28.4. The minimum absolute atomic E-state index is 0.0532. The van der Waals surface area contributed by atoms with E-state index in [4.69, 9.17) is 16.3 Å². The Hall–Kier alpha value is -2.44. The van der Waals surface area contributed by atoms with E-state index in [1.807, 2.05) is 6.07 Å². The zero-order valence-electron chi connectivity index (χ0n) is 11.8. The molecule has 23 heavy (non-hydrogen) atoms. The number of benzene rings is 1. The van der Waals surface area contributed by atoms with Crippen LogP contribution in [0.5, 0.6) is 0 Å². The van der Waals surface area contributed by atoms with Gasteiger partial charge in [-0.1, -0.05) is 23.7 Å². The average molecular weight is 347 g/mol. The van der Waals surface area contributed by atoms with Gasteiger partial charge in [0.1, 0.15) is 6.61 Å². The first-order valence-corrected chi connectivity index (χ1v) is 7.94. The Balaban J connectivity index is 1.65. The highest BCUT2D eigenvalue weighted by Crippen LogP contribution is 2.12. The van der Waals surface area contributed by atoms with E-state index in [0.717, 1.165) is 5.56 Å². The van der Waals surface area contributed by atoms with E-state index >= 15 is 0 Å². The molecule has 0 saturated heterocycles. The summed E-state index contributed by atoms with van der Waals surface area (Å²) >= 11 is 7.21. The molecule has 0 N–H and O–H groups in total. The second-order valence-corrected chi connectivity index (χ2v) is 5.95. The van der Waals surface area contributed by atoms with Gasteiger partial charge in [-0.05, 0) is 23.8 Å². The smallest absolute Gasteiger partial charge is 0.331 e. The van der Waals surface area contributed by atoms with Gasteiger partial charge in [-0.15, -0.1) is 11.3 Å². The number of hydrogen-bond donors (Lipinski definition) is 0. The number of nitrogens with zero attached hydrogens (tertiary/aromatic N) is 2. The van der Waals surface area contributed by atoms with Gasteiger partial charge < -0.3 is 4.74 Å². The molecule has 1 aromatic carbocycles. The number of fused-ring (bicyclic) bond motifs is 1. The number of esters is 1. The molecule has 5 nitrogen and oxygen atoms in total. The molecule has 0 aliphatic rings. The first-order valence-electron chi connectivity index (χ1n) is 6.68. The van der Waals surface area contributed by atoms with Crippen molar-refractivity contribution in [2.75, 3.05) is 0 Å². The molecule has 0 amide bonds. The van der Waals surface area contributed by atoms with Crippen LogP contribution >= 0.6 is 22.9 Å². The Morgan fingerprint density at radius 2 is 2.26 bits per heavy atom. The quantitative estimate of drug-likeness (QED) is 0.538. The van der Waals surface area contributed by atoms with Gasteiger partial charge in [-0.25, -0.2) is 9.78 Å². The number of halogens is 1. The van der Waals surface area contributed by atoms with Crippen molar-refractivity contribution < 1.29 is 9.53 Å². The number of thiazole rings is 1. The van der Waals surface area contributed by atoms with E-state index < -0.39 is 5.97 Å². The third kappa shape index (κ3) is 3.85. The largest absolute Gasteiger partial charge is 0.456 e. The molecule has 0 aliphatic carbocycles. The van der Waals surface area contributed by atoms with Crippen molar-refractivity contribution in [3.63, 3.8) is 0 Å². The lowest BCUT2D eigenvalue weighted by molar-refractivity contribution is -0.139. The maximum absolute atomic E-state index is 11.8. The van der Waals surface area contributed by atoms with Crippen molar-refractivity contribution in [1.82, 2.24) is 9.38 Å². The van der Waals surface area contributed by atoms with Gasteiger partial charge in [0, 0.05) is 28.7 Å². The molecule has 0 bridgehead atoms. The summed E-state index contributed by atoms with van der Waals surface area (Å²) in [7, 11) is 0. The lowest BCUT2D eigenvalue weighted by atomic mass is 10.2. The summed E-state index contributed by atoms with van der Waals surface area (Å²) in [5.41, 5.74) is 1.02. The molecule has 7 heteroatoms. The van der Waals surface area contributed by atoms with Gasteiger partial charge in [-0.2, -0.15) is 0 Å². The van der Waals surface area contributed by atoms with Gasteiger partial charge in [0.15, 0.2) is 4.96 Å². The lowest BCUT2D eigenvalue weighted by Gasteiger charge is -2.02. The second kappa shape index (κ2) is 6.76. The van der Waals surface area contributed by atoms with Crippen LogP contribution in [-0.2, 0) is 16.1 Å². The van der Waals surface area contributed by atoms with Crippen LogP contribution in [0.25, 0.3) is 11.0 Å². The fraction of sp³-hybridized carbons (Fsp3) is 0.0625. The minimum Gasteiger partial charge on any atom is -0.456 e. The summed E-state index contributed by atoms with van der Waals surface area (Å²) in [5.74, 6) is -0.516. The molecule has 0 radical (unpaired) electrons. The SMILES string of the molecule is O=C(C=Cc1cccc(Cl)c1)OCc1cc(=O)n2ccsc2n1. The molecule has 3 aromatic rings. The molecule has 3 rings (SSSR count). The predicted octanol–water partition coefficient (Wildman–Crippen LogP) is 3.17. The summed E-state index contributed by atoms with van der Waals surface area (Å²) in [6.07, 6.45) is 4.57. The van der Waals surface area contributed by atoms with Crippen LogP contribution in [-0.4, -0.2) is 15.4 Å². The number of rotatable bonds is 4. The van der Waals surface area contributed by atoms with Crippen LogP contribution < -0.4 is 5.56 Å². The van der Waals surface area contributed by atoms with Gasteiger partial charge in [0.2, 0.25) is 0 Å². The number of hydrogen-bond acceptors (Lipinski definition) is 5. The van der Waals surface area contributed by atoms with Crippen LogP contribution in [0.3, 0.4) is 0 Å². The van der Waals surface area contributed by atoms with Gasteiger partial charge in [0.25, 0.3) is 5.56 Å². The van der Waals surface area contributed by atoms with Crippen molar-refractivity contribution in [1.29, 1.82) is 0 Å². The number of aromatic nitrogens is 2. The van der Waals surface area contributed by atoms with Crippen molar-refractivity contribution in [3.05, 3.63) is 74.6 Å². The standard InChI is InChI=1S/C16H11ClN2O3S/c17-12-3-1-2-11(8-12)4-5-15(21)22-10-13-9-14(20)19-6-7-23-16(19)18-13/h1-9H,10H2. The van der Waals surface area contributed by atoms with Gasteiger partial charge in [-0.3, -0.25) is 9.20 Å². The molecule has 0 saturated carbocycles. The van der Waals surface area contributed by atoms with E-state index in [-0.39, 0.29) is 12.2 Å². The molecule has 0 spiro atoms. The van der Waals surface area contributed by atoms with Crippen molar-refractivity contribution in [3.8, 4) is 0 Å². The maximum atomic E-state index is 11.8. The number of carbonyl (C=O) groups excluding carboxylic acids is 1. The zero-order chi connectivity index (χ0) is 16.2. The monoisotopic (exact) mass is 346 g/mol. The summed E-state index contributed by atoms with van der Waals surface area (Å²) in [5, 5.41) is 2.36. The minimum atomic E-state index is -0.516. The van der Waals surface area contributed by atoms with Crippen LogP contribution in [0.4, 0.5) is 0 Å². The first kappa shape index (κ1) is 15.5. The Bertz CT molecular complexity index is 946. The molecule has 0 unspecified atom stereocenters. The van der Waals surface area contributed by atoms with E-state index in [0.29, 0.717) is 15.7 Å². The normalized spacial score (nSPS) is 11.2. The predicted molar refractivity (Wildman–Crippen MR) is 89.6 cm³/mol. The van der Waals surface area contributed by atoms with Crippen molar-refractivity contribution in [2.24, 2.45) is 0 Å². The highest BCUT2D eigenvalue weighted by molar-refractivity contribution is 7.15. The van der Waals surface area contributed by atoms with Crippen LogP contribution in [0.15, 0.2) is 52.8 Å². The molecular formula is C16H11ClN2O3S. The van der Waals surface area contributed by atoms with E-state index in [2.05, 4.69) is 4.98 Å². The van der Waals surface area contributed by atoms with E-state index in [1.54, 1.807) is 35.9 Å². The second-order valence-electron chi connectivity index (χ2n) is 4.64. The summed E-state index contributed by atoms with van der Waals surface area (Å²) in [6, 6.07) is 8.46. The Labute approximate surface area is 140 Å². The average Bonchev–Trinajstić information content (AvgIpc) is 3.00. The van der Waals surface area contributed by atoms with Crippen LogP contribution in [0.1, 0.15) is 11.3 Å². The first-order chi connectivity index (χ1) is 11.1. The third-order valence-corrected chi connectivity index (χ3v) is 3.97. The number of carbonyl (C=O) groups is 1. The van der Waals surface area contributed by atoms with Gasteiger partial charge >= 0.3 is 5.97 Å². The fourth-order valence-electron chi connectivity index (χ4n) is 1.93. The van der Waals surface area contributed by atoms with E-state index in [1.165, 1.54) is 27.9 Å². The third-order valence-electron chi connectivity index (χ3n) is 2.98. The summed E-state index contributed by atoms with van der Waals surface area (Å²) in [6.45, 7) is -0.0532. The zero-order valence-corrected chi connectivity index (χ0v) is 13.4. The Kier molecular flexibility index (Phi) is 4.55. The molecule has 2 heterocycles. The topological polar surface area (TPSA) is 60.7 Å². The lowest BCUT2D eigenvalue weighted by Crippen LogP contribution is -2.14. The number of ether oxygens (including phenoxy) is 1. The summed E-state index contributed by atoms with van der Waals surface area (Å²) < 4.78 is 6.54. The van der Waals surface area contributed by atoms with Crippen molar-refractivity contribution >= 4 is 39.9 Å². The molecule has 0 atom stereocenters. The van der Waals surface area contributed by atoms with Gasteiger partial charge in [0.05, 0.1) is 5.69 Å². The fourth-order valence-corrected chi connectivity index (χ4v) is 2.87. The maximum Gasteiger partial charge on any atom is 0.331 e. The van der Waals surface area contributed by atoms with Crippen LogP contribution in [0.2, 0.25) is 5.02 Å². The molecule has 0 aliphatic heterocycles. The molecule has 0 fully saturated rings. The highest BCUT2D eigenvalue weighted by Gasteiger charge is 2.05. The van der Waals surface area contributed by atoms with Crippen molar-refractivity contribution in [2.45, 2.75) is 6.61 Å². The van der Waals surface area contributed by atoms with E-state index in [9.17, 15) is 9.59 Å². The Morgan fingerprint density at radius 3 is 3.09 bits per heavy atom. The molecule has 2 aromatic heterocycles.